The molecule has 10 aromatic carbocycles. The number of anilines is 1. The van der Waals surface area contributed by atoms with Gasteiger partial charge in [-0.25, -0.2) is 0 Å². The molecule has 0 aromatic heterocycles. The van der Waals surface area contributed by atoms with E-state index in [-0.39, 0.29) is 79.5 Å². The number of benzene rings is 10. The summed E-state index contributed by atoms with van der Waals surface area (Å²) in [6.45, 7) is 6.10. The first-order valence-corrected chi connectivity index (χ1v) is 38.5. The van der Waals surface area contributed by atoms with Crippen LogP contribution in [-0.4, -0.2) is 136 Å². The van der Waals surface area contributed by atoms with E-state index in [0.29, 0.717) is 68.9 Å². The molecule has 48 heteroatoms. The highest BCUT2D eigenvalue weighted by Crippen LogP contribution is 2.47. The first kappa shape index (κ1) is 86.5. The fourth-order valence-electron chi connectivity index (χ4n) is 9.22. The highest BCUT2D eigenvalue weighted by molar-refractivity contribution is 7.86. The maximum Gasteiger partial charge on any atom is 0.425 e. The number of nitrogens with one attached hydrogen (secondary N) is 1. The number of hydrogen-bond donors (Lipinski definition) is 8. The summed E-state index contributed by atoms with van der Waals surface area (Å²) < 4.78 is 237. The number of unbranched alkanes of at least 4 members (excludes halogenated alkanes) is 1. The lowest BCUT2D eigenvalue weighted by Gasteiger charge is -2.13. The van der Waals surface area contributed by atoms with Gasteiger partial charge in [-0.1, -0.05) is 50.6 Å². The molecule has 0 radical (unpaired) electrons. The van der Waals surface area contributed by atoms with Gasteiger partial charge in [-0.2, -0.15) is 45.7 Å². The van der Waals surface area contributed by atoms with Crippen molar-refractivity contribution in [2.45, 2.75) is 54.7 Å². The number of aromatic hydroxyl groups is 4. The minimum Gasteiger partial charge on any atom is -0.507 e. The molecule has 0 bridgehead atoms. The highest BCUT2D eigenvalue weighted by atomic mass is 32.2. The zero-order valence-corrected chi connectivity index (χ0v) is 61.3. The molecule has 0 saturated carbocycles. The Balaban J connectivity index is 0.000000932. The third-order valence-electron chi connectivity index (χ3n) is 13.6. The molecule has 0 fully saturated rings. The number of fused-ring (bicyclic) bond motifs is 4. The molecule has 0 aliphatic rings. The molecule has 0 unspecified atom stereocenters. The molecular formula is C60H51N11O29S8. The van der Waals surface area contributed by atoms with Gasteiger partial charge in [0.1, 0.15) is 44.8 Å². The van der Waals surface area contributed by atoms with Crippen molar-refractivity contribution in [1.29, 1.82) is 0 Å². The van der Waals surface area contributed by atoms with Crippen molar-refractivity contribution in [3.05, 3.63) is 151 Å². The fourth-order valence-corrected chi connectivity index (χ4v) is 10.9. The second kappa shape index (κ2) is 39.3. The number of nitrogens with zero attached hydrogens (tertiary/aromatic N) is 10. The maximum absolute atomic E-state index is 12.9. The molecule has 0 aliphatic heterocycles. The summed E-state index contributed by atoms with van der Waals surface area (Å²) in [5, 5.41) is 93.5. The minimum absolute atomic E-state index is 0.00670. The molecule has 0 amide bonds. The number of azo groups is 5. The quantitative estimate of drug-likeness (QED) is 0.0200. The normalized spacial score (nSPS) is 11.4. The SMILES string of the molecule is CCCCNc1ccc2c(O)c(N=Nc3ccc4c(O)c(N=Nc5ccccc5)ccc4c3)ccc2c1N=Nc1ccc2cc(S(=O)(=O)O)c(N=Nc3cc(C)c(N=Nc4cc(S(=O)(=O)O)cc5cc(S(=O)(=O)O)cc(O)c45)cc3OCCC)c(O)c2c1.O=S(=O)=O.O=S(=O)=O.O=S(=O)=O.O=S(=O)=O.O=S(=O)=O. The van der Waals surface area contributed by atoms with Crippen LogP contribution in [0.3, 0.4) is 0 Å². The highest BCUT2D eigenvalue weighted by Gasteiger charge is 2.25. The predicted octanol–water partition coefficient (Wildman–Crippen LogP) is 12.2. The molecule has 0 aliphatic carbocycles. The van der Waals surface area contributed by atoms with Crippen LogP contribution in [0.2, 0.25) is 0 Å². The van der Waals surface area contributed by atoms with Crippen molar-refractivity contribution in [1.82, 2.24) is 0 Å². The van der Waals surface area contributed by atoms with Crippen LogP contribution in [0.15, 0.2) is 211 Å². The molecule has 8 N–H and O–H groups in total. The van der Waals surface area contributed by atoms with E-state index in [0.717, 1.165) is 37.1 Å². The second-order valence-corrected chi connectivity index (χ2v) is 27.1. The Morgan fingerprint density at radius 1 is 0.389 bits per heavy atom. The minimum atomic E-state index is -5.08. The molecule has 0 spiro atoms. The number of phenols is 4. The van der Waals surface area contributed by atoms with Crippen molar-refractivity contribution < 1.29 is 127 Å². The van der Waals surface area contributed by atoms with E-state index in [1.807, 2.05) is 32.0 Å². The predicted molar refractivity (Wildman–Crippen MR) is 378 cm³/mol. The van der Waals surface area contributed by atoms with E-state index < -0.39 is 115 Å². The van der Waals surface area contributed by atoms with E-state index >= 15 is 0 Å². The average molecular weight is 1650 g/mol. The summed E-state index contributed by atoms with van der Waals surface area (Å²) in [5.74, 6) is -1.69. The Morgan fingerprint density at radius 3 is 1.44 bits per heavy atom. The van der Waals surface area contributed by atoms with Crippen LogP contribution in [-0.2, 0) is 83.4 Å². The largest absolute Gasteiger partial charge is 0.507 e. The van der Waals surface area contributed by atoms with E-state index in [4.69, 9.17) is 67.9 Å². The third-order valence-corrected chi connectivity index (χ3v) is 16.1. The van der Waals surface area contributed by atoms with Gasteiger partial charge in [-0.15, -0.1) is 93.8 Å². The molecule has 0 heterocycles. The van der Waals surface area contributed by atoms with Gasteiger partial charge in [0.2, 0.25) is 0 Å². The molecular weight excluding hydrogens is 1600 g/mol. The maximum atomic E-state index is 12.9. The molecule has 0 atom stereocenters. The summed E-state index contributed by atoms with van der Waals surface area (Å²) in [6.07, 6.45) is 2.20. The number of phenolic OH excluding ortho intramolecular Hbond substituents is 4. The summed E-state index contributed by atoms with van der Waals surface area (Å²) in [5.41, 5.74) is 1.98. The molecule has 10 rings (SSSR count). The molecule has 568 valence electrons. The van der Waals surface area contributed by atoms with Gasteiger partial charge in [0, 0.05) is 40.2 Å². The Kier molecular flexibility index (Phi) is 31.5. The number of hydrogen-bond acceptors (Lipinski definition) is 37. The Morgan fingerprint density at radius 2 is 0.861 bits per heavy atom. The van der Waals surface area contributed by atoms with Gasteiger partial charge in [0.15, 0.2) is 17.2 Å². The molecule has 10 aromatic rings. The van der Waals surface area contributed by atoms with E-state index in [9.17, 15) is 59.3 Å². The van der Waals surface area contributed by atoms with Crippen LogP contribution in [0.25, 0.3) is 43.1 Å². The summed E-state index contributed by atoms with van der Waals surface area (Å²) >= 11 is 0. The summed E-state index contributed by atoms with van der Waals surface area (Å²) in [4.78, 5) is -2.31. The van der Waals surface area contributed by atoms with Crippen molar-refractivity contribution in [2.24, 2.45) is 51.1 Å². The van der Waals surface area contributed by atoms with Crippen molar-refractivity contribution >= 4 is 189 Å². The van der Waals surface area contributed by atoms with E-state index in [1.54, 1.807) is 73.7 Å². The second-order valence-electron chi connectivity index (χ2n) is 20.8. The van der Waals surface area contributed by atoms with Crippen LogP contribution in [0, 0.1) is 6.92 Å². The standard InChI is InChI=1S/C60H51N11O14S3.5O3S/c1-4-6-22-61-46-20-18-44-43(17-21-48(59(44)74)66-63-38-15-16-42-34(25-38)13-19-47(58(42)73)65-62-37-10-8-7-9-11-37)56(46)70-64-39-14-12-35-28-54(88(82,83)84)57(60(75)45(35)29-39)71-68-50-24-33(3)49(32-53(50)85-23-5-2)67-69-51-30-40(86(76,77)78)26-36-27-41(87(79,80)81)31-52(72)55(36)51;5*1-4(2)3/h7-21,24-32,61,72-75H,4-6,22-23H2,1-3H3,(H,76,77,78)(H,79,80,81)(H,82,83,84);;;;;. The molecule has 40 nitrogen and oxygen atoms in total. The molecule has 108 heavy (non-hydrogen) atoms. The summed E-state index contributed by atoms with van der Waals surface area (Å²) in [7, 11) is -30.5. The van der Waals surface area contributed by atoms with Crippen LogP contribution < -0.4 is 10.1 Å². The van der Waals surface area contributed by atoms with Crippen LogP contribution in [0.5, 0.6) is 28.7 Å². The van der Waals surface area contributed by atoms with Crippen molar-refractivity contribution in [2.75, 3.05) is 18.5 Å². The number of ether oxygens (including phenoxy) is 1. The van der Waals surface area contributed by atoms with E-state index in [2.05, 4.69) is 56.5 Å². The number of aryl methyl sites for hydroxylation is 1. The Hall–Kier alpha value is -12.1. The van der Waals surface area contributed by atoms with Gasteiger partial charge >= 0.3 is 53.0 Å². The van der Waals surface area contributed by atoms with Gasteiger partial charge in [0.25, 0.3) is 30.4 Å². The smallest absolute Gasteiger partial charge is 0.425 e. The van der Waals surface area contributed by atoms with Crippen molar-refractivity contribution in [3.8, 4) is 28.7 Å². The fraction of sp³-hybridized carbons (Fsp3) is 0.133. The van der Waals surface area contributed by atoms with Gasteiger partial charge in [-0.05, 0) is 145 Å². The average Bonchev–Trinajstić information content (AvgIpc) is 0.791. The lowest BCUT2D eigenvalue weighted by atomic mass is 10.1. The zero-order chi connectivity index (χ0) is 80.5. The topological polar surface area (TPSA) is 645 Å². The number of rotatable bonds is 20. The molecule has 0 saturated heterocycles. The van der Waals surface area contributed by atoms with Crippen LogP contribution in [0.4, 0.5) is 62.6 Å². The first-order valence-electron chi connectivity index (χ1n) is 29.2. The lowest BCUT2D eigenvalue weighted by molar-refractivity contribution is 0.318. The summed E-state index contributed by atoms with van der Waals surface area (Å²) in [6, 6.07) is 35.9. The zero-order valence-electron chi connectivity index (χ0n) is 54.7. The van der Waals surface area contributed by atoms with Gasteiger partial charge in [0.05, 0.1) is 55.9 Å². The van der Waals surface area contributed by atoms with Crippen LogP contribution >= 0.6 is 0 Å². The Bertz CT molecular complexity index is 6090. The monoisotopic (exact) mass is 1650 g/mol. The first-order chi connectivity index (χ1) is 50.6. The lowest BCUT2D eigenvalue weighted by Crippen LogP contribution is -2.01. The van der Waals surface area contributed by atoms with Gasteiger partial charge < -0.3 is 30.5 Å². The van der Waals surface area contributed by atoms with Crippen molar-refractivity contribution in [3.63, 3.8) is 0 Å². The van der Waals surface area contributed by atoms with Gasteiger partial charge in [-0.3, -0.25) is 13.7 Å². The van der Waals surface area contributed by atoms with Crippen LogP contribution in [0.1, 0.15) is 38.7 Å². The Labute approximate surface area is 616 Å². The third kappa shape index (κ3) is 25.9. The van der Waals surface area contributed by atoms with E-state index in [1.165, 1.54) is 30.3 Å².